The maximum absolute atomic E-state index is 13.1. The summed E-state index contributed by atoms with van der Waals surface area (Å²) in [6.45, 7) is 0.0298. The second-order valence-corrected chi connectivity index (χ2v) is 6.39. The largest absolute Gasteiger partial charge is 0.471 e. The van der Waals surface area contributed by atoms with Gasteiger partial charge in [-0.05, 0) is 36.4 Å². The Kier molecular flexibility index (Phi) is 5.66. The lowest BCUT2D eigenvalue weighted by molar-refractivity contribution is 0.102. The van der Waals surface area contributed by atoms with Crippen LogP contribution in [-0.2, 0) is 6.73 Å². The van der Waals surface area contributed by atoms with Gasteiger partial charge in [-0.25, -0.2) is 9.07 Å². The zero-order valence-electron chi connectivity index (χ0n) is 13.0. The van der Waals surface area contributed by atoms with Crippen molar-refractivity contribution in [2.75, 3.05) is 5.32 Å². The number of aromatic nitrogens is 2. The molecule has 2 aromatic carbocycles. The van der Waals surface area contributed by atoms with Gasteiger partial charge in [-0.1, -0.05) is 34.8 Å². The van der Waals surface area contributed by atoms with Crippen molar-refractivity contribution in [1.29, 1.82) is 0 Å². The topological polar surface area (TPSA) is 56.2 Å². The van der Waals surface area contributed by atoms with Crippen LogP contribution in [0, 0.1) is 5.82 Å². The summed E-state index contributed by atoms with van der Waals surface area (Å²) in [5.74, 6) is -0.556. The monoisotopic (exact) mass is 413 g/mol. The molecular formula is C17H11Cl3FN3O2. The summed E-state index contributed by atoms with van der Waals surface area (Å²) in [4.78, 5) is 12.2. The van der Waals surface area contributed by atoms with E-state index in [9.17, 15) is 9.18 Å². The summed E-state index contributed by atoms with van der Waals surface area (Å²) in [7, 11) is 0. The van der Waals surface area contributed by atoms with Gasteiger partial charge >= 0.3 is 0 Å². The van der Waals surface area contributed by atoms with E-state index in [1.807, 2.05) is 0 Å². The number of nitrogens with zero attached hydrogens (tertiary/aromatic N) is 2. The van der Waals surface area contributed by atoms with Crippen molar-refractivity contribution in [3.63, 3.8) is 0 Å². The molecule has 1 heterocycles. The maximum Gasteiger partial charge on any atom is 0.276 e. The number of rotatable bonds is 5. The minimum Gasteiger partial charge on any atom is -0.471 e. The number of ether oxygens (including phenoxy) is 1. The van der Waals surface area contributed by atoms with Gasteiger partial charge in [0, 0.05) is 18.0 Å². The van der Waals surface area contributed by atoms with Crippen molar-refractivity contribution >= 4 is 46.4 Å². The Labute approximate surface area is 163 Å². The van der Waals surface area contributed by atoms with E-state index in [-0.39, 0.29) is 17.4 Å². The van der Waals surface area contributed by atoms with Gasteiger partial charge in [0.05, 0.1) is 15.1 Å². The number of anilines is 1. The predicted octanol–water partition coefficient (Wildman–Crippen LogP) is 5.27. The number of amides is 1. The van der Waals surface area contributed by atoms with Gasteiger partial charge in [0.15, 0.2) is 12.4 Å². The van der Waals surface area contributed by atoms with Crippen LogP contribution in [0.4, 0.5) is 10.1 Å². The van der Waals surface area contributed by atoms with Crippen molar-refractivity contribution in [1.82, 2.24) is 9.78 Å². The number of hydrogen-bond acceptors (Lipinski definition) is 3. The second-order valence-electron chi connectivity index (χ2n) is 5.17. The van der Waals surface area contributed by atoms with E-state index in [0.29, 0.717) is 21.5 Å². The molecule has 9 heteroatoms. The highest BCUT2D eigenvalue weighted by atomic mass is 35.5. The van der Waals surface area contributed by atoms with Crippen molar-refractivity contribution in [2.24, 2.45) is 0 Å². The Bertz CT molecular complexity index is 962. The third-order valence-electron chi connectivity index (χ3n) is 3.31. The van der Waals surface area contributed by atoms with Crippen molar-refractivity contribution in [3.8, 4) is 5.75 Å². The van der Waals surface area contributed by atoms with Crippen LogP contribution in [0.1, 0.15) is 10.5 Å². The molecule has 0 bridgehead atoms. The van der Waals surface area contributed by atoms with Crippen LogP contribution in [0.2, 0.25) is 15.1 Å². The average molecular weight is 415 g/mol. The van der Waals surface area contributed by atoms with Crippen molar-refractivity contribution in [3.05, 3.63) is 75.2 Å². The van der Waals surface area contributed by atoms with Crippen LogP contribution >= 0.6 is 34.8 Å². The third-order valence-corrected chi connectivity index (χ3v) is 4.33. The molecule has 0 spiro atoms. The first-order valence-electron chi connectivity index (χ1n) is 7.30. The molecule has 0 unspecified atom stereocenters. The third kappa shape index (κ3) is 4.46. The summed E-state index contributed by atoms with van der Waals surface area (Å²) in [5.41, 5.74) is 0.688. The Morgan fingerprint density at radius 3 is 2.62 bits per heavy atom. The molecule has 5 nitrogen and oxygen atoms in total. The molecule has 0 saturated heterocycles. The highest BCUT2D eigenvalue weighted by Gasteiger charge is 2.11. The number of nitrogens with one attached hydrogen (secondary N) is 1. The normalized spacial score (nSPS) is 10.6. The molecule has 0 saturated carbocycles. The second kappa shape index (κ2) is 7.95. The minimum absolute atomic E-state index is 0.0298. The molecule has 1 N–H and O–H groups in total. The fourth-order valence-electron chi connectivity index (χ4n) is 2.03. The molecule has 3 aromatic rings. The van der Waals surface area contributed by atoms with Crippen LogP contribution in [0.3, 0.4) is 0 Å². The number of carbonyl (C=O) groups is 1. The minimum atomic E-state index is -0.528. The summed E-state index contributed by atoms with van der Waals surface area (Å²) < 4.78 is 20.0. The Morgan fingerprint density at radius 2 is 1.88 bits per heavy atom. The van der Waals surface area contributed by atoms with E-state index in [1.165, 1.54) is 28.9 Å². The van der Waals surface area contributed by atoms with E-state index < -0.39 is 11.7 Å². The summed E-state index contributed by atoms with van der Waals surface area (Å²) in [6, 6.07) is 10.3. The molecule has 26 heavy (non-hydrogen) atoms. The van der Waals surface area contributed by atoms with Gasteiger partial charge in [-0.15, -0.1) is 0 Å². The standard InChI is InChI=1S/C17H11Cl3FN3O2/c18-12-3-1-10(7-13(12)19)22-17(25)16-5-6-24(23-16)9-26-11-2-4-15(21)14(20)8-11/h1-8H,9H2,(H,22,25). The van der Waals surface area contributed by atoms with Gasteiger partial charge in [-0.2, -0.15) is 5.10 Å². The molecule has 0 aliphatic heterocycles. The summed E-state index contributed by atoms with van der Waals surface area (Å²) in [5, 5.41) is 7.48. The van der Waals surface area contributed by atoms with Crippen molar-refractivity contribution < 1.29 is 13.9 Å². The highest BCUT2D eigenvalue weighted by Crippen LogP contribution is 2.25. The van der Waals surface area contributed by atoms with E-state index in [1.54, 1.807) is 24.4 Å². The Morgan fingerprint density at radius 1 is 1.08 bits per heavy atom. The first-order chi connectivity index (χ1) is 12.4. The fraction of sp³-hybridized carbons (Fsp3) is 0.0588. The zero-order chi connectivity index (χ0) is 18.7. The van der Waals surface area contributed by atoms with Crippen LogP contribution in [0.25, 0.3) is 0 Å². The van der Waals surface area contributed by atoms with E-state index in [0.717, 1.165) is 0 Å². The summed E-state index contributed by atoms with van der Waals surface area (Å²) >= 11 is 17.4. The molecule has 0 radical (unpaired) electrons. The van der Waals surface area contributed by atoms with Crippen LogP contribution in [-0.4, -0.2) is 15.7 Å². The van der Waals surface area contributed by atoms with E-state index in [4.69, 9.17) is 39.5 Å². The lowest BCUT2D eigenvalue weighted by atomic mass is 10.3. The first-order valence-corrected chi connectivity index (χ1v) is 8.43. The fourth-order valence-corrected chi connectivity index (χ4v) is 2.50. The van der Waals surface area contributed by atoms with E-state index in [2.05, 4.69) is 10.4 Å². The van der Waals surface area contributed by atoms with Crippen LogP contribution in [0.5, 0.6) is 5.75 Å². The molecule has 1 amide bonds. The number of hydrogen-bond donors (Lipinski definition) is 1. The SMILES string of the molecule is O=C(Nc1ccc(Cl)c(Cl)c1)c1ccn(COc2ccc(F)c(Cl)c2)n1. The Hall–Kier alpha value is -2.28. The molecule has 0 fully saturated rings. The van der Waals surface area contributed by atoms with Gasteiger partial charge in [-0.3, -0.25) is 4.79 Å². The quantitative estimate of drug-likeness (QED) is 0.618. The van der Waals surface area contributed by atoms with Gasteiger partial charge < -0.3 is 10.1 Å². The predicted molar refractivity (Wildman–Crippen MR) is 98.7 cm³/mol. The van der Waals surface area contributed by atoms with Gasteiger partial charge in [0.2, 0.25) is 0 Å². The highest BCUT2D eigenvalue weighted by molar-refractivity contribution is 6.42. The van der Waals surface area contributed by atoms with E-state index >= 15 is 0 Å². The Balaban J connectivity index is 1.62. The smallest absolute Gasteiger partial charge is 0.276 e. The molecule has 0 atom stereocenters. The zero-order valence-corrected chi connectivity index (χ0v) is 15.3. The lowest BCUT2D eigenvalue weighted by Gasteiger charge is -2.07. The molecule has 134 valence electrons. The molecular weight excluding hydrogens is 404 g/mol. The van der Waals surface area contributed by atoms with Crippen molar-refractivity contribution in [2.45, 2.75) is 6.73 Å². The van der Waals surface area contributed by atoms with Crippen LogP contribution < -0.4 is 10.1 Å². The van der Waals surface area contributed by atoms with Gasteiger partial charge in [0.1, 0.15) is 11.6 Å². The first kappa shape index (κ1) is 18.5. The van der Waals surface area contributed by atoms with Gasteiger partial charge in [0.25, 0.3) is 5.91 Å². The molecule has 3 rings (SSSR count). The summed E-state index contributed by atoms with van der Waals surface area (Å²) in [6.07, 6.45) is 1.58. The molecule has 0 aliphatic rings. The lowest BCUT2D eigenvalue weighted by Crippen LogP contribution is -2.14. The number of halogens is 4. The van der Waals surface area contributed by atoms with Crippen LogP contribution in [0.15, 0.2) is 48.7 Å². The maximum atomic E-state index is 13.1. The molecule has 1 aromatic heterocycles. The average Bonchev–Trinajstić information content (AvgIpc) is 3.08. The molecule has 0 aliphatic carbocycles. The number of benzene rings is 2. The number of carbonyl (C=O) groups excluding carboxylic acids is 1.